The molecule has 25 heavy (non-hydrogen) atoms. The van der Waals surface area contributed by atoms with Gasteiger partial charge in [-0.3, -0.25) is 14.7 Å². The molecule has 0 aliphatic rings. The predicted octanol–water partition coefficient (Wildman–Crippen LogP) is 3.25. The second kappa shape index (κ2) is 6.39. The Balaban J connectivity index is 1.86. The van der Waals surface area contributed by atoms with Crippen LogP contribution in [0.1, 0.15) is 32.7 Å². The van der Waals surface area contributed by atoms with Crippen molar-refractivity contribution in [3.05, 3.63) is 68.6 Å². The molecule has 0 aliphatic carbocycles. The van der Waals surface area contributed by atoms with Crippen LogP contribution >= 0.6 is 0 Å². The number of anilines is 1. The average molecular weight is 336 g/mol. The lowest BCUT2D eigenvalue weighted by molar-refractivity contribution is 0.102. The van der Waals surface area contributed by atoms with E-state index in [1.807, 2.05) is 6.92 Å². The zero-order chi connectivity index (χ0) is 18.1. The second-order valence-electron chi connectivity index (χ2n) is 6.27. The van der Waals surface area contributed by atoms with Crippen molar-refractivity contribution in [3.8, 4) is 11.3 Å². The van der Waals surface area contributed by atoms with E-state index >= 15 is 0 Å². The Hall–Kier alpha value is -3.15. The Kier molecular flexibility index (Phi) is 4.27. The maximum Gasteiger partial charge on any atom is 0.262 e. The van der Waals surface area contributed by atoms with Crippen molar-refractivity contribution >= 4 is 11.7 Å². The number of carbonyl (C=O) groups is 1. The third-order valence-electron chi connectivity index (χ3n) is 4.25. The number of rotatable bonds is 3. The van der Waals surface area contributed by atoms with Crippen molar-refractivity contribution in [1.82, 2.24) is 15.2 Å². The van der Waals surface area contributed by atoms with Crippen LogP contribution in [0.25, 0.3) is 11.3 Å². The number of hydrogen-bond donors (Lipinski definition) is 3. The molecule has 6 heteroatoms. The molecule has 0 atom stereocenters. The maximum atomic E-state index is 12.3. The van der Waals surface area contributed by atoms with Crippen LogP contribution in [-0.4, -0.2) is 21.1 Å². The van der Waals surface area contributed by atoms with E-state index in [4.69, 9.17) is 0 Å². The van der Waals surface area contributed by atoms with E-state index < -0.39 is 5.91 Å². The SMILES string of the molecule is Cc1cc(=O)c(C(=O)Nc2cc(-c3cc(C)c(C)cc3C)[nH]n2)c[nH]1. The molecule has 0 fully saturated rings. The maximum absolute atomic E-state index is 12.3. The molecule has 2 aromatic heterocycles. The first-order valence-electron chi connectivity index (χ1n) is 7.99. The minimum Gasteiger partial charge on any atom is -0.364 e. The van der Waals surface area contributed by atoms with Crippen LogP contribution < -0.4 is 10.7 Å². The number of nitrogens with one attached hydrogen (secondary N) is 3. The van der Waals surface area contributed by atoms with Crippen LogP contribution in [0.5, 0.6) is 0 Å². The largest absolute Gasteiger partial charge is 0.364 e. The van der Waals surface area contributed by atoms with Gasteiger partial charge in [-0.25, -0.2) is 0 Å². The number of hydrogen-bond acceptors (Lipinski definition) is 3. The fraction of sp³-hybridized carbons (Fsp3) is 0.211. The van der Waals surface area contributed by atoms with Gasteiger partial charge in [-0.05, 0) is 50.5 Å². The Morgan fingerprint density at radius 1 is 1.00 bits per heavy atom. The van der Waals surface area contributed by atoms with Crippen LogP contribution in [0.4, 0.5) is 5.82 Å². The molecule has 1 amide bonds. The van der Waals surface area contributed by atoms with E-state index in [9.17, 15) is 9.59 Å². The van der Waals surface area contributed by atoms with E-state index in [-0.39, 0.29) is 11.0 Å². The van der Waals surface area contributed by atoms with Crippen molar-refractivity contribution in [2.75, 3.05) is 5.32 Å². The molecule has 3 rings (SSSR count). The number of carbonyl (C=O) groups excluding carboxylic acids is 1. The van der Waals surface area contributed by atoms with E-state index in [0.717, 1.165) is 16.8 Å². The molecule has 0 saturated heterocycles. The van der Waals surface area contributed by atoms with Gasteiger partial charge in [0.2, 0.25) is 0 Å². The normalized spacial score (nSPS) is 10.7. The molecule has 0 bridgehead atoms. The van der Waals surface area contributed by atoms with Crippen molar-refractivity contribution in [2.45, 2.75) is 27.7 Å². The van der Waals surface area contributed by atoms with Crippen molar-refractivity contribution in [2.24, 2.45) is 0 Å². The number of aromatic nitrogens is 3. The topological polar surface area (TPSA) is 90.6 Å². The third kappa shape index (κ3) is 3.38. The van der Waals surface area contributed by atoms with Gasteiger partial charge >= 0.3 is 0 Å². The molecule has 0 unspecified atom stereocenters. The molecule has 0 spiro atoms. The number of aromatic amines is 2. The minimum absolute atomic E-state index is 0.0533. The van der Waals surface area contributed by atoms with Crippen LogP contribution in [-0.2, 0) is 0 Å². The summed E-state index contributed by atoms with van der Waals surface area (Å²) < 4.78 is 0. The van der Waals surface area contributed by atoms with Gasteiger partial charge in [0.1, 0.15) is 5.56 Å². The van der Waals surface area contributed by atoms with Gasteiger partial charge in [0.25, 0.3) is 5.91 Å². The molecular formula is C19H20N4O2. The summed E-state index contributed by atoms with van der Waals surface area (Å²) in [6.45, 7) is 7.92. The third-order valence-corrected chi connectivity index (χ3v) is 4.25. The lowest BCUT2D eigenvalue weighted by Crippen LogP contribution is -2.21. The monoisotopic (exact) mass is 336 g/mol. The first kappa shape index (κ1) is 16.7. The number of pyridine rings is 1. The highest BCUT2D eigenvalue weighted by Crippen LogP contribution is 2.26. The van der Waals surface area contributed by atoms with Crippen LogP contribution in [0.3, 0.4) is 0 Å². The fourth-order valence-electron chi connectivity index (χ4n) is 2.71. The lowest BCUT2D eigenvalue weighted by atomic mass is 9.99. The molecular weight excluding hydrogens is 316 g/mol. The summed E-state index contributed by atoms with van der Waals surface area (Å²) >= 11 is 0. The lowest BCUT2D eigenvalue weighted by Gasteiger charge is -2.07. The summed E-state index contributed by atoms with van der Waals surface area (Å²) in [5.41, 5.74) is 5.82. The van der Waals surface area contributed by atoms with Gasteiger partial charge in [-0.2, -0.15) is 5.10 Å². The fourth-order valence-corrected chi connectivity index (χ4v) is 2.71. The standard InChI is InChI=1S/C19H20N4O2/c1-10-5-12(3)14(6-11(10)2)16-8-18(23-22-16)21-19(25)15-9-20-13(4)7-17(15)24/h5-9H,1-4H3,(H,20,24)(H2,21,22,23,25). The number of H-pyrrole nitrogens is 2. The smallest absolute Gasteiger partial charge is 0.262 e. The highest BCUT2D eigenvalue weighted by atomic mass is 16.2. The summed E-state index contributed by atoms with van der Waals surface area (Å²) in [7, 11) is 0. The predicted molar refractivity (Wildman–Crippen MR) is 98.0 cm³/mol. The number of amides is 1. The van der Waals surface area contributed by atoms with E-state index in [1.54, 1.807) is 13.0 Å². The summed E-state index contributed by atoms with van der Waals surface area (Å²) in [6.07, 6.45) is 1.41. The Bertz CT molecular complexity index is 1010. The van der Waals surface area contributed by atoms with Crippen LogP contribution in [0.2, 0.25) is 0 Å². The Morgan fingerprint density at radius 2 is 1.72 bits per heavy atom. The molecule has 0 radical (unpaired) electrons. The number of benzene rings is 1. The van der Waals surface area contributed by atoms with Crippen LogP contribution in [0, 0.1) is 27.7 Å². The Morgan fingerprint density at radius 3 is 2.44 bits per heavy atom. The first-order chi connectivity index (χ1) is 11.8. The van der Waals surface area contributed by atoms with E-state index in [2.05, 4.69) is 46.5 Å². The molecule has 3 N–H and O–H groups in total. The quantitative estimate of drug-likeness (QED) is 0.686. The second-order valence-corrected chi connectivity index (χ2v) is 6.27. The first-order valence-corrected chi connectivity index (χ1v) is 7.99. The van der Waals surface area contributed by atoms with Crippen molar-refractivity contribution < 1.29 is 4.79 Å². The van der Waals surface area contributed by atoms with Crippen LogP contribution in [0.15, 0.2) is 35.3 Å². The highest BCUT2D eigenvalue weighted by Gasteiger charge is 2.14. The van der Waals surface area contributed by atoms with Crippen molar-refractivity contribution in [1.29, 1.82) is 0 Å². The molecule has 6 nitrogen and oxygen atoms in total. The summed E-state index contributed by atoms with van der Waals surface area (Å²) in [5, 5.41) is 9.72. The average Bonchev–Trinajstić information content (AvgIpc) is 2.99. The summed E-state index contributed by atoms with van der Waals surface area (Å²) in [6, 6.07) is 7.37. The molecule has 128 valence electrons. The van der Waals surface area contributed by atoms with Gasteiger partial charge in [0.05, 0.1) is 5.69 Å². The zero-order valence-electron chi connectivity index (χ0n) is 14.7. The molecule has 0 aliphatic heterocycles. The highest BCUT2D eigenvalue weighted by molar-refractivity contribution is 6.03. The van der Waals surface area contributed by atoms with Gasteiger partial charge in [0.15, 0.2) is 11.2 Å². The van der Waals surface area contributed by atoms with E-state index in [0.29, 0.717) is 11.5 Å². The Labute approximate surface area is 145 Å². The molecule has 0 saturated carbocycles. The van der Waals surface area contributed by atoms with Gasteiger partial charge in [-0.15, -0.1) is 0 Å². The number of aryl methyl sites for hydroxylation is 4. The van der Waals surface area contributed by atoms with Crippen molar-refractivity contribution in [3.63, 3.8) is 0 Å². The van der Waals surface area contributed by atoms with Gasteiger partial charge in [0, 0.05) is 29.6 Å². The molecule has 2 heterocycles. The molecule has 3 aromatic rings. The van der Waals surface area contributed by atoms with E-state index in [1.165, 1.54) is 23.4 Å². The minimum atomic E-state index is -0.490. The van der Waals surface area contributed by atoms with Gasteiger partial charge in [-0.1, -0.05) is 6.07 Å². The zero-order valence-corrected chi connectivity index (χ0v) is 14.7. The summed E-state index contributed by atoms with van der Waals surface area (Å²) in [5.74, 6) is -0.117. The van der Waals surface area contributed by atoms with Gasteiger partial charge < -0.3 is 10.3 Å². The number of nitrogens with zero attached hydrogens (tertiary/aromatic N) is 1. The summed E-state index contributed by atoms with van der Waals surface area (Å²) in [4.78, 5) is 27.0. The molecule has 1 aromatic carbocycles.